The van der Waals surface area contributed by atoms with Crippen molar-refractivity contribution >= 4 is 5.91 Å². The topological polar surface area (TPSA) is 51.2 Å². The molecule has 4 nitrogen and oxygen atoms in total. The van der Waals surface area contributed by atoms with Crippen LogP contribution in [0.25, 0.3) is 0 Å². The zero-order valence-corrected chi connectivity index (χ0v) is 10.9. The van der Waals surface area contributed by atoms with Gasteiger partial charge in [0.1, 0.15) is 6.61 Å². The molecule has 0 saturated heterocycles. The van der Waals surface area contributed by atoms with Crippen LogP contribution in [0.15, 0.2) is 24.5 Å². The van der Waals surface area contributed by atoms with Crippen molar-refractivity contribution in [2.75, 3.05) is 6.61 Å². The van der Waals surface area contributed by atoms with Crippen LogP contribution >= 0.6 is 0 Å². The lowest BCUT2D eigenvalue weighted by Gasteiger charge is -2.20. The number of carbonyl (C=O) groups is 1. The van der Waals surface area contributed by atoms with Crippen molar-refractivity contribution in [1.82, 2.24) is 10.3 Å². The van der Waals surface area contributed by atoms with Crippen molar-refractivity contribution < 1.29 is 9.53 Å². The van der Waals surface area contributed by atoms with Crippen molar-refractivity contribution in [2.45, 2.75) is 39.3 Å². The lowest BCUT2D eigenvalue weighted by molar-refractivity contribution is -0.131. The van der Waals surface area contributed by atoms with Gasteiger partial charge in [-0.15, -0.1) is 0 Å². The molecule has 0 bridgehead atoms. The number of amides is 1. The van der Waals surface area contributed by atoms with Gasteiger partial charge in [-0.25, -0.2) is 0 Å². The van der Waals surface area contributed by atoms with E-state index in [9.17, 15) is 4.79 Å². The summed E-state index contributed by atoms with van der Waals surface area (Å²) in [5.41, 5.74) is 0.737. The van der Waals surface area contributed by atoms with E-state index in [1.54, 1.807) is 12.4 Å². The molecule has 17 heavy (non-hydrogen) atoms. The van der Waals surface area contributed by atoms with Gasteiger partial charge in [0.25, 0.3) is 0 Å². The summed E-state index contributed by atoms with van der Waals surface area (Å²) in [6.07, 6.45) is 3.42. The molecule has 0 aliphatic carbocycles. The molecule has 1 amide bonds. The molecular weight excluding hydrogens is 216 g/mol. The fourth-order valence-electron chi connectivity index (χ4n) is 1.30. The number of nitrogens with zero attached hydrogens (tertiary/aromatic N) is 1. The minimum Gasteiger partial charge on any atom is -0.366 e. The standard InChI is InChI=1S/C13H20N2O2/c1-10(11-5-7-14-8-6-11)15-12(16)9-17-13(2,3)4/h5-8,10H,9H2,1-4H3,(H,15,16)/t10-/m0/s1. The molecular formula is C13H20N2O2. The van der Waals surface area contributed by atoms with Crippen LogP contribution in [-0.4, -0.2) is 23.1 Å². The summed E-state index contributed by atoms with van der Waals surface area (Å²) < 4.78 is 5.40. The molecule has 4 heteroatoms. The molecule has 0 saturated carbocycles. The Bertz CT molecular complexity index is 357. The first-order chi connectivity index (χ1) is 7.88. The number of carbonyl (C=O) groups excluding carboxylic acids is 1. The largest absolute Gasteiger partial charge is 0.366 e. The Balaban J connectivity index is 2.42. The van der Waals surface area contributed by atoms with E-state index in [1.165, 1.54) is 0 Å². The second-order valence-corrected chi connectivity index (χ2v) is 4.97. The molecule has 1 heterocycles. The quantitative estimate of drug-likeness (QED) is 0.870. The second-order valence-electron chi connectivity index (χ2n) is 4.97. The Morgan fingerprint density at radius 2 is 2.00 bits per heavy atom. The Morgan fingerprint density at radius 1 is 1.41 bits per heavy atom. The van der Waals surface area contributed by atoms with Gasteiger partial charge in [-0.3, -0.25) is 9.78 Å². The van der Waals surface area contributed by atoms with E-state index in [1.807, 2.05) is 39.8 Å². The third-order valence-corrected chi connectivity index (χ3v) is 2.22. The van der Waals surface area contributed by atoms with E-state index < -0.39 is 0 Å². The van der Waals surface area contributed by atoms with Gasteiger partial charge in [0.2, 0.25) is 5.91 Å². The van der Waals surface area contributed by atoms with Gasteiger partial charge >= 0.3 is 0 Å². The zero-order chi connectivity index (χ0) is 12.9. The highest BCUT2D eigenvalue weighted by molar-refractivity contribution is 5.77. The van der Waals surface area contributed by atoms with Gasteiger partial charge in [-0.05, 0) is 45.4 Å². The number of ether oxygens (including phenoxy) is 1. The fraction of sp³-hybridized carbons (Fsp3) is 0.538. The molecule has 1 rings (SSSR count). The fourth-order valence-corrected chi connectivity index (χ4v) is 1.30. The summed E-state index contributed by atoms with van der Waals surface area (Å²) in [5, 5.41) is 2.88. The number of pyridine rings is 1. The first-order valence-corrected chi connectivity index (χ1v) is 5.72. The summed E-state index contributed by atoms with van der Waals surface area (Å²) >= 11 is 0. The molecule has 0 aliphatic rings. The smallest absolute Gasteiger partial charge is 0.246 e. The van der Waals surface area contributed by atoms with Gasteiger partial charge in [-0.1, -0.05) is 0 Å². The lowest BCUT2D eigenvalue weighted by Crippen LogP contribution is -2.33. The molecule has 1 aromatic heterocycles. The summed E-state index contributed by atoms with van der Waals surface area (Å²) in [5.74, 6) is -0.107. The van der Waals surface area contributed by atoms with E-state index >= 15 is 0 Å². The number of rotatable bonds is 4. The second kappa shape index (κ2) is 5.77. The SMILES string of the molecule is C[C@H](NC(=O)COC(C)(C)C)c1ccncc1. The van der Waals surface area contributed by atoms with Crippen LogP contribution in [0.1, 0.15) is 39.3 Å². The average molecular weight is 236 g/mol. The van der Waals surface area contributed by atoms with Crippen molar-refractivity contribution in [3.8, 4) is 0 Å². The van der Waals surface area contributed by atoms with Crippen molar-refractivity contribution in [1.29, 1.82) is 0 Å². The van der Waals surface area contributed by atoms with Gasteiger partial charge in [0, 0.05) is 12.4 Å². The minimum absolute atomic E-state index is 0.0333. The minimum atomic E-state index is -0.294. The van der Waals surface area contributed by atoms with Crippen LogP contribution in [0.5, 0.6) is 0 Å². The van der Waals surface area contributed by atoms with Crippen LogP contribution < -0.4 is 5.32 Å². The van der Waals surface area contributed by atoms with Gasteiger partial charge < -0.3 is 10.1 Å². The summed E-state index contributed by atoms with van der Waals surface area (Å²) in [6, 6.07) is 3.74. The highest BCUT2D eigenvalue weighted by atomic mass is 16.5. The Kier molecular flexibility index (Phi) is 4.63. The van der Waals surface area contributed by atoms with Crippen LogP contribution in [0.3, 0.4) is 0 Å². The normalized spacial score (nSPS) is 13.2. The lowest BCUT2D eigenvalue weighted by atomic mass is 10.1. The van der Waals surface area contributed by atoms with Crippen LogP contribution in [0.4, 0.5) is 0 Å². The van der Waals surface area contributed by atoms with Crippen LogP contribution in [0.2, 0.25) is 0 Å². The third kappa shape index (κ3) is 5.45. The Hall–Kier alpha value is -1.42. The predicted octanol–water partition coefficient (Wildman–Crippen LogP) is 2.07. The molecule has 0 fully saturated rings. The van der Waals surface area contributed by atoms with Gasteiger partial charge in [0.05, 0.1) is 11.6 Å². The summed E-state index contributed by atoms with van der Waals surface area (Å²) in [6.45, 7) is 7.79. The van der Waals surface area contributed by atoms with Crippen molar-refractivity contribution in [3.05, 3.63) is 30.1 Å². The van der Waals surface area contributed by atoms with Crippen molar-refractivity contribution in [2.24, 2.45) is 0 Å². The highest BCUT2D eigenvalue weighted by Crippen LogP contribution is 2.10. The maximum absolute atomic E-state index is 11.6. The molecule has 0 aromatic carbocycles. The summed E-state index contributed by atoms with van der Waals surface area (Å²) in [4.78, 5) is 15.6. The van der Waals surface area contributed by atoms with Crippen LogP contribution in [-0.2, 0) is 9.53 Å². The molecule has 0 aliphatic heterocycles. The first kappa shape index (κ1) is 13.6. The monoisotopic (exact) mass is 236 g/mol. The average Bonchev–Trinajstić information content (AvgIpc) is 2.27. The number of hydrogen-bond donors (Lipinski definition) is 1. The Morgan fingerprint density at radius 3 is 2.53 bits per heavy atom. The summed E-state index contributed by atoms with van der Waals surface area (Å²) in [7, 11) is 0. The zero-order valence-electron chi connectivity index (χ0n) is 10.9. The van der Waals surface area contributed by atoms with Crippen molar-refractivity contribution in [3.63, 3.8) is 0 Å². The number of hydrogen-bond acceptors (Lipinski definition) is 3. The number of nitrogens with one attached hydrogen (secondary N) is 1. The number of aromatic nitrogens is 1. The van der Waals surface area contributed by atoms with E-state index in [0.29, 0.717) is 0 Å². The van der Waals surface area contributed by atoms with E-state index in [0.717, 1.165) is 5.56 Å². The highest BCUT2D eigenvalue weighted by Gasteiger charge is 2.14. The van der Waals surface area contributed by atoms with Gasteiger partial charge in [0.15, 0.2) is 0 Å². The maximum Gasteiger partial charge on any atom is 0.246 e. The Labute approximate surface area is 102 Å². The molecule has 1 aromatic rings. The first-order valence-electron chi connectivity index (χ1n) is 5.72. The van der Waals surface area contributed by atoms with E-state index in [2.05, 4.69) is 10.3 Å². The maximum atomic E-state index is 11.6. The third-order valence-electron chi connectivity index (χ3n) is 2.22. The van der Waals surface area contributed by atoms with E-state index in [-0.39, 0.29) is 24.2 Å². The molecule has 1 N–H and O–H groups in total. The molecule has 0 radical (unpaired) electrons. The molecule has 1 atom stereocenters. The van der Waals surface area contributed by atoms with Gasteiger partial charge in [-0.2, -0.15) is 0 Å². The van der Waals surface area contributed by atoms with E-state index in [4.69, 9.17) is 4.74 Å². The predicted molar refractivity (Wildman–Crippen MR) is 66.5 cm³/mol. The molecule has 0 unspecified atom stereocenters. The molecule has 0 spiro atoms. The van der Waals surface area contributed by atoms with Crippen LogP contribution in [0, 0.1) is 0 Å². The molecule has 94 valence electrons.